The molecule has 2 rings (SSSR count). The van der Waals surface area contributed by atoms with Crippen LogP contribution < -0.4 is 16.2 Å². The van der Waals surface area contributed by atoms with Gasteiger partial charge < -0.3 is 15.2 Å². The normalized spacial score (nSPS) is 24.2. The third-order valence-electron chi connectivity index (χ3n) is 3.51. The summed E-state index contributed by atoms with van der Waals surface area (Å²) in [5.41, 5.74) is -0.0368. The highest BCUT2D eigenvalue weighted by Crippen LogP contribution is 2.12. The molecule has 1 aromatic heterocycles. The number of aromatic nitrogens is 2. The molecule has 0 bridgehead atoms. The third-order valence-corrected chi connectivity index (χ3v) is 3.51. The first kappa shape index (κ1) is 13.1. The molecule has 100 valence electrons. The minimum absolute atomic E-state index is 0.0368. The Morgan fingerprint density at radius 3 is 3.00 bits per heavy atom. The molecule has 0 aromatic carbocycles. The van der Waals surface area contributed by atoms with Crippen molar-refractivity contribution in [3.05, 3.63) is 22.7 Å². The molecule has 2 unspecified atom stereocenters. The van der Waals surface area contributed by atoms with E-state index >= 15 is 0 Å². The second-order valence-electron chi connectivity index (χ2n) is 5.22. The van der Waals surface area contributed by atoms with Crippen molar-refractivity contribution >= 4 is 5.82 Å². The van der Waals surface area contributed by atoms with Crippen molar-refractivity contribution in [2.75, 3.05) is 11.9 Å². The van der Waals surface area contributed by atoms with Crippen molar-refractivity contribution in [3.8, 4) is 0 Å². The Morgan fingerprint density at radius 1 is 1.56 bits per heavy atom. The molecular formula is C13H22N4O. The van der Waals surface area contributed by atoms with Crippen LogP contribution in [-0.2, 0) is 0 Å². The number of nitrogens with zero attached hydrogens (tertiary/aromatic N) is 2. The molecule has 0 radical (unpaired) electrons. The molecule has 0 spiro atoms. The fourth-order valence-corrected chi connectivity index (χ4v) is 2.35. The molecule has 18 heavy (non-hydrogen) atoms. The van der Waals surface area contributed by atoms with Crippen molar-refractivity contribution < 1.29 is 0 Å². The van der Waals surface area contributed by atoms with Crippen molar-refractivity contribution in [2.24, 2.45) is 0 Å². The molecule has 1 aliphatic heterocycles. The van der Waals surface area contributed by atoms with Crippen LogP contribution in [0.3, 0.4) is 0 Å². The van der Waals surface area contributed by atoms with Crippen molar-refractivity contribution in [3.63, 3.8) is 0 Å². The Kier molecular flexibility index (Phi) is 4.01. The van der Waals surface area contributed by atoms with Gasteiger partial charge in [-0.1, -0.05) is 0 Å². The Labute approximate surface area is 108 Å². The van der Waals surface area contributed by atoms with E-state index in [-0.39, 0.29) is 17.6 Å². The van der Waals surface area contributed by atoms with Crippen LogP contribution in [-0.4, -0.2) is 28.2 Å². The van der Waals surface area contributed by atoms with Gasteiger partial charge in [0.15, 0.2) is 5.82 Å². The maximum atomic E-state index is 12.2. The fraction of sp³-hybridized carbons (Fsp3) is 0.692. The van der Waals surface area contributed by atoms with E-state index in [0.29, 0.717) is 11.9 Å². The van der Waals surface area contributed by atoms with Gasteiger partial charge in [0.25, 0.3) is 5.56 Å². The van der Waals surface area contributed by atoms with Crippen LogP contribution in [0, 0.1) is 0 Å². The SMILES string of the molecule is CC1NCCCC1Nc1nccn(C(C)C)c1=O. The van der Waals surface area contributed by atoms with E-state index in [1.807, 2.05) is 13.8 Å². The quantitative estimate of drug-likeness (QED) is 0.851. The first-order chi connectivity index (χ1) is 8.59. The van der Waals surface area contributed by atoms with Gasteiger partial charge in [-0.05, 0) is 40.2 Å². The van der Waals surface area contributed by atoms with Gasteiger partial charge in [0, 0.05) is 30.5 Å². The van der Waals surface area contributed by atoms with Gasteiger partial charge in [-0.25, -0.2) is 4.98 Å². The lowest BCUT2D eigenvalue weighted by Gasteiger charge is -2.30. The predicted octanol–water partition coefficient (Wildman–Crippen LogP) is 1.38. The zero-order valence-corrected chi connectivity index (χ0v) is 11.3. The first-order valence-corrected chi connectivity index (χ1v) is 6.66. The number of piperidine rings is 1. The molecule has 1 aromatic rings. The molecule has 0 saturated carbocycles. The molecular weight excluding hydrogens is 228 g/mol. The molecule has 2 atom stereocenters. The Balaban J connectivity index is 2.18. The summed E-state index contributed by atoms with van der Waals surface area (Å²) in [5.74, 6) is 0.465. The Hall–Kier alpha value is -1.36. The van der Waals surface area contributed by atoms with E-state index in [4.69, 9.17) is 0 Å². The lowest BCUT2D eigenvalue weighted by Crippen LogP contribution is -2.47. The number of nitrogens with one attached hydrogen (secondary N) is 2. The molecule has 1 aliphatic rings. The Bertz CT molecular complexity index is 455. The van der Waals surface area contributed by atoms with Gasteiger partial charge in [0.05, 0.1) is 0 Å². The van der Waals surface area contributed by atoms with Crippen LogP contribution in [0.1, 0.15) is 39.7 Å². The standard InChI is InChI=1S/C13H22N4O/c1-9(2)17-8-7-15-12(13(17)18)16-11-5-4-6-14-10(11)3/h7-11,14H,4-6H2,1-3H3,(H,15,16). The fourth-order valence-electron chi connectivity index (χ4n) is 2.35. The molecule has 1 saturated heterocycles. The lowest BCUT2D eigenvalue weighted by atomic mass is 10.00. The van der Waals surface area contributed by atoms with Gasteiger partial charge >= 0.3 is 0 Å². The predicted molar refractivity (Wildman–Crippen MR) is 73.0 cm³/mol. The average molecular weight is 250 g/mol. The van der Waals surface area contributed by atoms with E-state index in [9.17, 15) is 4.79 Å². The van der Waals surface area contributed by atoms with Gasteiger partial charge in [-0.3, -0.25) is 4.79 Å². The van der Waals surface area contributed by atoms with Crippen LogP contribution in [0.15, 0.2) is 17.2 Å². The van der Waals surface area contributed by atoms with Gasteiger partial charge in [-0.2, -0.15) is 0 Å². The summed E-state index contributed by atoms with van der Waals surface area (Å²) in [6.07, 6.45) is 5.63. The maximum Gasteiger partial charge on any atom is 0.293 e. The largest absolute Gasteiger partial charge is 0.361 e. The van der Waals surface area contributed by atoms with Gasteiger partial charge in [0.2, 0.25) is 0 Å². The number of hydrogen-bond acceptors (Lipinski definition) is 4. The minimum atomic E-state index is -0.0368. The highest BCUT2D eigenvalue weighted by Gasteiger charge is 2.22. The number of hydrogen-bond donors (Lipinski definition) is 2. The van der Waals surface area contributed by atoms with Crippen molar-refractivity contribution in [2.45, 2.75) is 51.7 Å². The van der Waals surface area contributed by atoms with Crippen LogP contribution in [0.25, 0.3) is 0 Å². The molecule has 5 nitrogen and oxygen atoms in total. The van der Waals surface area contributed by atoms with Crippen LogP contribution in [0.2, 0.25) is 0 Å². The van der Waals surface area contributed by atoms with Crippen molar-refractivity contribution in [1.82, 2.24) is 14.9 Å². The monoisotopic (exact) mass is 250 g/mol. The van der Waals surface area contributed by atoms with E-state index in [2.05, 4.69) is 22.5 Å². The maximum absolute atomic E-state index is 12.2. The zero-order chi connectivity index (χ0) is 13.1. The third kappa shape index (κ3) is 2.72. The molecule has 1 fully saturated rings. The summed E-state index contributed by atoms with van der Waals surface area (Å²) < 4.78 is 1.70. The minimum Gasteiger partial charge on any atom is -0.361 e. The van der Waals surface area contributed by atoms with E-state index in [1.165, 1.54) is 0 Å². The summed E-state index contributed by atoms with van der Waals surface area (Å²) in [6, 6.07) is 0.803. The van der Waals surface area contributed by atoms with Crippen LogP contribution in [0.4, 0.5) is 5.82 Å². The average Bonchev–Trinajstić information content (AvgIpc) is 2.34. The highest BCUT2D eigenvalue weighted by molar-refractivity contribution is 5.33. The molecule has 2 N–H and O–H groups in total. The van der Waals surface area contributed by atoms with E-state index in [0.717, 1.165) is 19.4 Å². The molecule has 0 aliphatic carbocycles. The lowest BCUT2D eigenvalue weighted by molar-refractivity contribution is 0.388. The summed E-state index contributed by atoms with van der Waals surface area (Å²) in [5, 5.41) is 6.70. The zero-order valence-electron chi connectivity index (χ0n) is 11.3. The van der Waals surface area contributed by atoms with E-state index < -0.39 is 0 Å². The van der Waals surface area contributed by atoms with Crippen LogP contribution >= 0.6 is 0 Å². The smallest absolute Gasteiger partial charge is 0.293 e. The van der Waals surface area contributed by atoms with E-state index in [1.54, 1.807) is 17.0 Å². The topological polar surface area (TPSA) is 59.0 Å². The number of rotatable bonds is 3. The summed E-state index contributed by atoms with van der Waals surface area (Å²) in [7, 11) is 0. The number of anilines is 1. The molecule has 0 amide bonds. The van der Waals surface area contributed by atoms with Gasteiger partial charge in [-0.15, -0.1) is 0 Å². The summed E-state index contributed by atoms with van der Waals surface area (Å²) >= 11 is 0. The summed E-state index contributed by atoms with van der Waals surface area (Å²) in [4.78, 5) is 16.4. The summed E-state index contributed by atoms with van der Waals surface area (Å²) in [6.45, 7) is 7.18. The second kappa shape index (κ2) is 5.52. The first-order valence-electron chi connectivity index (χ1n) is 6.66. The molecule has 2 heterocycles. The van der Waals surface area contributed by atoms with Gasteiger partial charge in [0.1, 0.15) is 0 Å². The second-order valence-corrected chi connectivity index (χ2v) is 5.22. The Morgan fingerprint density at radius 2 is 2.33 bits per heavy atom. The van der Waals surface area contributed by atoms with Crippen molar-refractivity contribution in [1.29, 1.82) is 0 Å². The molecule has 5 heteroatoms. The highest BCUT2D eigenvalue weighted by atomic mass is 16.1. The van der Waals surface area contributed by atoms with Crippen LogP contribution in [0.5, 0.6) is 0 Å².